The number of aromatic nitrogens is 2. The van der Waals surface area contributed by atoms with Gasteiger partial charge in [0, 0.05) is 30.6 Å². The van der Waals surface area contributed by atoms with E-state index in [1.165, 1.54) is 6.26 Å². The standard InChI is InChI=1S/C22H29N5O4S/c1-14-12-31-13-15(2)27(14)19-11-18(22(9-10-22)32(4,29)30)25-20(26-19)16-5-7-17(8-6-16)24-21(28)23-3/h5-8,11,14-15H,9-10,12-13H2,1-4H3,(H2,23,24,28). The summed E-state index contributed by atoms with van der Waals surface area (Å²) < 4.78 is 29.9. The number of amides is 2. The number of benzene rings is 1. The largest absolute Gasteiger partial charge is 0.377 e. The van der Waals surface area contributed by atoms with E-state index in [1.807, 2.05) is 18.2 Å². The van der Waals surface area contributed by atoms with Gasteiger partial charge in [-0.1, -0.05) is 0 Å². The monoisotopic (exact) mass is 459 g/mol. The molecule has 2 atom stereocenters. The number of urea groups is 1. The Hall–Kier alpha value is -2.72. The zero-order valence-electron chi connectivity index (χ0n) is 18.8. The molecule has 0 bridgehead atoms. The van der Waals surface area contributed by atoms with E-state index in [0.29, 0.717) is 49.1 Å². The number of nitrogens with one attached hydrogen (secondary N) is 2. The molecular formula is C22H29N5O4S. The summed E-state index contributed by atoms with van der Waals surface area (Å²) in [5, 5.41) is 5.23. The van der Waals surface area contributed by atoms with Crippen LogP contribution in [0, 0.1) is 0 Å². The third-order valence-corrected chi connectivity index (χ3v) is 8.19. The third-order valence-electron chi connectivity index (χ3n) is 6.15. The van der Waals surface area contributed by atoms with Crippen LogP contribution in [0.5, 0.6) is 0 Å². The first-order valence-electron chi connectivity index (χ1n) is 10.7. The van der Waals surface area contributed by atoms with Gasteiger partial charge >= 0.3 is 6.03 Å². The topological polar surface area (TPSA) is 114 Å². The summed E-state index contributed by atoms with van der Waals surface area (Å²) in [6, 6.07) is 8.90. The Morgan fingerprint density at radius 3 is 2.28 bits per heavy atom. The molecule has 32 heavy (non-hydrogen) atoms. The minimum absolute atomic E-state index is 0.0990. The molecule has 1 aromatic carbocycles. The van der Waals surface area contributed by atoms with Gasteiger partial charge in [0.25, 0.3) is 0 Å². The van der Waals surface area contributed by atoms with Gasteiger partial charge in [-0.3, -0.25) is 0 Å². The van der Waals surface area contributed by atoms with Crippen molar-refractivity contribution in [2.45, 2.75) is 43.5 Å². The molecule has 1 saturated carbocycles. The lowest BCUT2D eigenvalue weighted by molar-refractivity contribution is 0.0752. The average molecular weight is 460 g/mol. The molecule has 2 aliphatic rings. The molecule has 2 amide bonds. The number of rotatable bonds is 5. The molecule has 1 aliphatic heterocycles. The molecule has 10 heteroatoms. The molecule has 2 heterocycles. The average Bonchev–Trinajstić information content (AvgIpc) is 3.56. The number of anilines is 2. The summed E-state index contributed by atoms with van der Waals surface area (Å²) in [6.07, 6.45) is 2.40. The number of hydrogen-bond donors (Lipinski definition) is 2. The molecule has 0 spiro atoms. The Kier molecular flexibility index (Phi) is 5.85. The molecule has 172 valence electrons. The van der Waals surface area contributed by atoms with Gasteiger partial charge in [0.05, 0.1) is 31.0 Å². The summed E-state index contributed by atoms with van der Waals surface area (Å²) in [5.74, 6) is 1.17. The van der Waals surface area contributed by atoms with Crippen LogP contribution in [0.2, 0.25) is 0 Å². The van der Waals surface area contributed by atoms with E-state index in [-0.39, 0.29) is 18.1 Å². The van der Waals surface area contributed by atoms with Crippen LogP contribution in [0.4, 0.5) is 16.3 Å². The van der Waals surface area contributed by atoms with E-state index < -0.39 is 14.6 Å². The van der Waals surface area contributed by atoms with E-state index in [4.69, 9.17) is 14.7 Å². The number of nitrogens with zero attached hydrogens (tertiary/aromatic N) is 3. The Morgan fingerprint density at radius 1 is 1.12 bits per heavy atom. The predicted octanol–water partition coefficient (Wildman–Crippen LogP) is 2.54. The highest BCUT2D eigenvalue weighted by atomic mass is 32.2. The van der Waals surface area contributed by atoms with Gasteiger partial charge in [0.2, 0.25) is 0 Å². The zero-order valence-corrected chi connectivity index (χ0v) is 19.6. The molecule has 2 aromatic rings. The highest BCUT2D eigenvalue weighted by Gasteiger charge is 2.55. The lowest BCUT2D eigenvalue weighted by Gasteiger charge is -2.40. The SMILES string of the molecule is CNC(=O)Nc1ccc(-c2nc(N3C(C)COCC3C)cc(C3(S(C)(=O)=O)CC3)n2)cc1. The second kappa shape index (κ2) is 8.32. The van der Waals surface area contributed by atoms with Crippen molar-refractivity contribution >= 4 is 27.4 Å². The molecule has 0 radical (unpaired) electrons. The van der Waals surface area contributed by atoms with E-state index in [0.717, 1.165) is 5.56 Å². The summed E-state index contributed by atoms with van der Waals surface area (Å²) in [4.78, 5) is 23.3. The first-order valence-corrected chi connectivity index (χ1v) is 12.6. The van der Waals surface area contributed by atoms with Crippen LogP contribution in [0.15, 0.2) is 30.3 Å². The van der Waals surface area contributed by atoms with Crippen LogP contribution in [0.3, 0.4) is 0 Å². The van der Waals surface area contributed by atoms with Crippen molar-refractivity contribution in [3.8, 4) is 11.4 Å². The summed E-state index contributed by atoms with van der Waals surface area (Å²) in [7, 11) is -1.78. The van der Waals surface area contributed by atoms with Gasteiger partial charge in [0.1, 0.15) is 10.6 Å². The summed E-state index contributed by atoms with van der Waals surface area (Å²) >= 11 is 0. The maximum atomic E-state index is 12.6. The van der Waals surface area contributed by atoms with Crippen molar-refractivity contribution in [3.05, 3.63) is 36.0 Å². The van der Waals surface area contributed by atoms with Crippen molar-refractivity contribution < 1.29 is 17.9 Å². The fourth-order valence-electron chi connectivity index (χ4n) is 4.21. The Balaban J connectivity index is 1.78. The van der Waals surface area contributed by atoms with Crippen LogP contribution < -0.4 is 15.5 Å². The Morgan fingerprint density at radius 2 is 1.75 bits per heavy atom. The number of morpholine rings is 1. The molecule has 9 nitrogen and oxygen atoms in total. The van der Waals surface area contributed by atoms with E-state index >= 15 is 0 Å². The number of carbonyl (C=O) groups excluding carboxylic acids is 1. The van der Waals surface area contributed by atoms with Gasteiger partial charge < -0.3 is 20.3 Å². The first kappa shape index (κ1) is 22.5. The molecule has 1 aromatic heterocycles. The fraction of sp³-hybridized carbons (Fsp3) is 0.500. The van der Waals surface area contributed by atoms with Crippen molar-refractivity contribution in [2.24, 2.45) is 0 Å². The van der Waals surface area contributed by atoms with Gasteiger partial charge in [-0.05, 0) is 51.0 Å². The molecule has 2 N–H and O–H groups in total. The Labute approximate surface area is 188 Å². The minimum Gasteiger partial charge on any atom is -0.377 e. The second-order valence-corrected chi connectivity index (χ2v) is 11.0. The Bertz CT molecular complexity index is 1110. The normalized spacial score (nSPS) is 22.3. The van der Waals surface area contributed by atoms with Crippen molar-refractivity contribution in [1.82, 2.24) is 15.3 Å². The molecule has 2 unspecified atom stereocenters. The van der Waals surface area contributed by atoms with E-state index in [1.54, 1.807) is 19.2 Å². The highest BCUT2D eigenvalue weighted by molar-refractivity contribution is 7.91. The van der Waals surface area contributed by atoms with Gasteiger partial charge in [-0.2, -0.15) is 0 Å². The van der Waals surface area contributed by atoms with Gasteiger partial charge in [0.15, 0.2) is 15.7 Å². The van der Waals surface area contributed by atoms with E-state index in [9.17, 15) is 13.2 Å². The van der Waals surface area contributed by atoms with Gasteiger partial charge in [-0.25, -0.2) is 23.2 Å². The van der Waals surface area contributed by atoms with Crippen LogP contribution in [0.1, 0.15) is 32.4 Å². The fourth-order valence-corrected chi connectivity index (χ4v) is 5.54. The lowest BCUT2D eigenvalue weighted by atomic mass is 10.1. The van der Waals surface area contributed by atoms with Crippen molar-refractivity contribution in [1.29, 1.82) is 0 Å². The lowest BCUT2D eigenvalue weighted by Crippen LogP contribution is -2.50. The maximum Gasteiger partial charge on any atom is 0.318 e. The first-order chi connectivity index (χ1) is 15.1. The van der Waals surface area contributed by atoms with Crippen LogP contribution in [-0.2, 0) is 19.3 Å². The smallest absolute Gasteiger partial charge is 0.318 e. The third kappa shape index (κ3) is 4.16. The van der Waals surface area contributed by atoms with Crippen molar-refractivity contribution in [3.63, 3.8) is 0 Å². The molecule has 1 saturated heterocycles. The minimum atomic E-state index is -3.33. The van der Waals surface area contributed by atoms with Crippen LogP contribution in [-0.4, -0.2) is 63.0 Å². The zero-order chi connectivity index (χ0) is 23.1. The molecule has 2 fully saturated rings. The molecular weight excluding hydrogens is 430 g/mol. The van der Waals surface area contributed by atoms with E-state index in [2.05, 4.69) is 29.4 Å². The maximum absolute atomic E-state index is 12.6. The molecule has 1 aliphatic carbocycles. The number of ether oxygens (including phenoxy) is 1. The predicted molar refractivity (Wildman–Crippen MR) is 124 cm³/mol. The quantitative estimate of drug-likeness (QED) is 0.706. The highest BCUT2D eigenvalue weighted by Crippen LogP contribution is 2.52. The number of carbonyl (C=O) groups is 1. The van der Waals surface area contributed by atoms with Gasteiger partial charge in [-0.15, -0.1) is 0 Å². The van der Waals surface area contributed by atoms with Crippen LogP contribution in [0.25, 0.3) is 11.4 Å². The molecule has 4 rings (SSSR count). The summed E-state index contributed by atoms with van der Waals surface area (Å²) in [6.45, 7) is 5.30. The summed E-state index contributed by atoms with van der Waals surface area (Å²) in [5.41, 5.74) is 1.92. The van der Waals surface area contributed by atoms with Crippen LogP contribution >= 0.6 is 0 Å². The second-order valence-electron chi connectivity index (χ2n) is 8.63. The van der Waals surface area contributed by atoms with Crippen molar-refractivity contribution in [2.75, 3.05) is 36.7 Å². The number of sulfone groups is 1. The number of hydrogen-bond acceptors (Lipinski definition) is 7.